The molecule has 0 rings (SSSR count). The Morgan fingerprint density at radius 2 is 1.00 bits per heavy atom. The van der Waals surface area contributed by atoms with Crippen LogP contribution in [0.15, 0.2) is 0 Å². The van der Waals surface area contributed by atoms with E-state index in [-0.39, 0.29) is 6.04 Å². The second-order valence-corrected chi connectivity index (χ2v) is 10.3. The van der Waals surface area contributed by atoms with Crippen molar-refractivity contribution >= 4 is 5.97 Å². The molecule has 182 valence electrons. The van der Waals surface area contributed by atoms with Crippen molar-refractivity contribution in [3.8, 4) is 0 Å². The first-order chi connectivity index (χ1) is 14.1. The minimum absolute atomic E-state index is 0.380. The molecule has 0 aliphatic heterocycles. The SMILES string of the molecule is CC(C(=O)O)N(C)C.CCCCCCCCCCCCCCCCCC[N+](C)(C)C. The number of quaternary nitrogens is 1. The smallest absolute Gasteiger partial charge is 0.320 e. The van der Waals surface area contributed by atoms with Crippen LogP contribution in [0.2, 0.25) is 0 Å². The van der Waals surface area contributed by atoms with Crippen molar-refractivity contribution in [3.05, 3.63) is 0 Å². The average Bonchev–Trinajstić information content (AvgIpc) is 2.66. The Morgan fingerprint density at radius 3 is 1.20 bits per heavy atom. The summed E-state index contributed by atoms with van der Waals surface area (Å²) in [5.74, 6) is -0.782. The second-order valence-electron chi connectivity index (χ2n) is 10.3. The van der Waals surface area contributed by atoms with E-state index in [1.165, 1.54) is 109 Å². The van der Waals surface area contributed by atoms with E-state index in [0.29, 0.717) is 0 Å². The number of hydrogen-bond donors (Lipinski definition) is 1. The van der Waals surface area contributed by atoms with E-state index in [0.717, 1.165) is 4.48 Å². The molecule has 0 saturated heterocycles. The van der Waals surface area contributed by atoms with Gasteiger partial charge in [-0.2, -0.15) is 0 Å². The van der Waals surface area contributed by atoms with Gasteiger partial charge in [0.05, 0.1) is 27.7 Å². The number of unbranched alkanes of at least 4 members (excludes halogenated alkanes) is 15. The minimum atomic E-state index is -0.782. The average molecular weight is 430 g/mol. The maximum absolute atomic E-state index is 10.1. The van der Waals surface area contributed by atoms with E-state index < -0.39 is 5.97 Å². The third-order valence-electron chi connectivity index (χ3n) is 5.81. The fraction of sp³-hybridized carbons (Fsp3) is 0.962. The highest BCUT2D eigenvalue weighted by atomic mass is 16.4. The van der Waals surface area contributed by atoms with Crippen LogP contribution in [0.25, 0.3) is 0 Å². The summed E-state index contributed by atoms with van der Waals surface area (Å²) in [4.78, 5) is 11.7. The van der Waals surface area contributed by atoms with Crippen molar-refractivity contribution < 1.29 is 14.4 Å². The first kappa shape index (κ1) is 31.6. The van der Waals surface area contributed by atoms with E-state index in [2.05, 4.69) is 28.1 Å². The molecule has 4 heteroatoms. The van der Waals surface area contributed by atoms with Gasteiger partial charge in [-0.05, 0) is 33.9 Å². The Morgan fingerprint density at radius 1 is 0.700 bits per heavy atom. The molecule has 30 heavy (non-hydrogen) atoms. The van der Waals surface area contributed by atoms with Gasteiger partial charge >= 0.3 is 5.97 Å². The van der Waals surface area contributed by atoms with Crippen molar-refractivity contribution in [1.29, 1.82) is 0 Å². The third-order valence-corrected chi connectivity index (χ3v) is 5.81. The first-order valence-electron chi connectivity index (χ1n) is 12.8. The summed E-state index contributed by atoms with van der Waals surface area (Å²) in [7, 11) is 10.4. The fourth-order valence-corrected chi connectivity index (χ4v) is 3.36. The van der Waals surface area contributed by atoms with Gasteiger partial charge in [0, 0.05) is 0 Å². The van der Waals surface area contributed by atoms with Crippen molar-refractivity contribution in [2.75, 3.05) is 41.8 Å². The molecule has 0 bridgehead atoms. The van der Waals surface area contributed by atoms with Gasteiger partial charge < -0.3 is 9.59 Å². The van der Waals surface area contributed by atoms with Gasteiger partial charge in [0.1, 0.15) is 6.04 Å². The molecule has 0 spiro atoms. The molecule has 1 atom stereocenters. The van der Waals surface area contributed by atoms with Crippen LogP contribution in [0.4, 0.5) is 0 Å². The van der Waals surface area contributed by atoms with Crippen molar-refractivity contribution in [2.45, 2.75) is 123 Å². The summed E-state index contributed by atoms with van der Waals surface area (Å²) >= 11 is 0. The van der Waals surface area contributed by atoms with Crippen LogP contribution in [-0.2, 0) is 4.79 Å². The van der Waals surface area contributed by atoms with Crippen LogP contribution in [0.3, 0.4) is 0 Å². The number of nitrogens with zero attached hydrogens (tertiary/aromatic N) is 2. The zero-order chi connectivity index (χ0) is 23.3. The van der Waals surface area contributed by atoms with Gasteiger partial charge in [0.15, 0.2) is 0 Å². The zero-order valence-corrected chi connectivity index (χ0v) is 21.8. The summed E-state index contributed by atoms with van der Waals surface area (Å²) in [6.07, 6.45) is 23.4. The summed E-state index contributed by atoms with van der Waals surface area (Å²) < 4.78 is 1.12. The highest BCUT2D eigenvalue weighted by Crippen LogP contribution is 2.13. The van der Waals surface area contributed by atoms with Crippen LogP contribution in [0, 0.1) is 0 Å². The number of hydrogen-bond acceptors (Lipinski definition) is 2. The molecule has 0 radical (unpaired) electrons. The molecule has 0 aromatic heterocycles. The Hall–Kier alpha value is -0.610. The van der Waals surface area contributed by atoms with Gasteiger partial charge in [0.2, 0.25) is 0 Å². The maximum atomic E-state index is 10.1. The molecule has 0 aromatic rings. The van der Waals surface area contributed by atoms with Gasteiger partial charge in [-0.3, -0.25) is 9.69 Å². The normalized spacial score (nSPS) is 12.5. The highest BCUT2D eigenvalue weighted by Gasteiger charge is 2.11. The zero-order valence-electron chi connectivity index (χ0n) is 21.8. The molecular formula is C26H57N2O2+. The largest absolute Gasteiger partial charge is 0.480 e. The van der Waals surface area contributed by atoms with Crippen molar-refractivity contribution in [2.24, 2.45) is 0 Å². The summed E-state index contributed by atoms with van der Waals surface area (Å²) in [5.41, 5.74) is 0. The first-order valence-corrected chi connectivity index (χ1v) is 12.8. The topological polar surface area (TPSA) is 40.5 Å². The predicted octanol–water partition coefficient (Wildman–Crippen LogP) is 6.98. The van der Waals surface area contributed by atoms with E-state index in [1.807, 2.05) is 0 Å². The van der Waals surface area contributed by atoms with Crippen molar-refractivity contribution in [1.82, 2.24) is 4.90 Å². The van der Waals surface area contributed by atoms with Gasteiger partial charge in [0.25, 0.3) is 0 Å². The lowest BCUT2D eigenvalue weighted by Crippen LogP contribution is -2.35. The number of carbonyl (C=O) groups is 1. The lowest BCUT2D eigenvalue weighted by molar-refractivity contribution is -0.870. The quantitative estimate of drug-likeness (QED) is 0.178. The Balaban J connectivity index is 0. The molecule has 0 heterocycles. The predicted molar refractivity (Wildman–Crippen MR) is 133 cm³/mol. The number of likely N-dealkylation sites (N-methyl/N-ethyl adjacent to an activating group) is 1. The fourth-order valence-electron chi connectivity index (χ4n) is 3.36. The van der Waals surface area contributed by atoms with Crippen molar-refractivity contribution in [3.63, 3.8) is 0 Å². The van der Waals surface area contributed by atoms with E-state index in [1.54, 1.807) is 25.9 Å². The summed E-state index contributed by atoms with van der Waals surface area (Å²) in [6.45, 7) is 5.27. The van der Waals surface area contributed by atoms with E-state index in [9.17, 15) is 4.79 Å². The molecule has 0 aliphatic rings. The minimum Gasteiger partial charge on any atom is -0.480 e. The summed E-state index contributed by atoms with van der Waals surface area (Å²) in [6, 6.07) is -0.380. The molecule has 0 fully saturated rings. The maximum Gasteiger partial charge on any atom is 0.320 e. The highest BCUT2D eigenvalue weighted by molar-refractivity contribution is 5.72. The van der Waals surface area contributed by atoms with Crippen LogP contribution >= 0.6 is 0 Å². The lowest BCUT2D eigenvalue weighted by atomic mass is 10.0. The number of aliphatic carboxylic acids is 1. The Bertz CT molecular complexity index is 365. The number of rotatable bonds is 19. The second kappa shape index (κ2) is 21.6. The van der Waals surface area contributed by atoms with Gasteiger partial charge in [-0.15, -0.1) is 0 Å². The third kappa shape index (κ3) is 27.4. The summed E-state index contributed by atoms with van der Waals surface area (Å²) in [5, 5.41) is 8.31. The van der Waals surface area contributed by atoms with Gasteiger partial charge in [-0.1, -0.05) is 96.8 Å². The van der Waals surface area contributed by atoms with Crippen LogP contribution in [0.5, 0.6) is 0 Å². The van der Waals surface area contributed by atoms with Crippen LogP contribution in [0.1, 0.15) is 117 Å². The molecule has 1 N–H and O–H groups in total. The van der Waals surface area contributed by atoms with E-state index in [4.69, 9.17) is 5.11 Å². The molecule has 0 saturated carbocycles. The van der Waals surface area contributed by atoms with Crippen LogP contribution < -0.4 is 0 Å². The monoisotopic (exact) mass is 429 g/mol. The standard InChI is InChI=1S/C21H46N.C5H11NO2/c1-5-6-7-8-9-10-11-12-13-14-15-16-17-18-19-20-21-22(2,3)4;1-4(5(7)8)6(2)3/h5-21H2,1-4H3;4H,1-3H3,(H,7,8)/q+1;. The molecule has 4 nitrogen and oxygen atoms in total. The van der Waals surface area contributed by atoms with E-state index >= 15 is 0 Å². The molecule has 0 amide bonds. The molecule has 0 aromatic carbocycles. The lowest BCUT2D eigenvalue weighted by Gasteiger charge is -2.23. The van der Waals surface area contributed by atoms with Gasteiger partial charge in [-0.25, -0.2) is 0 Å². The Labute approximate surface area is 190 Å². The number of carboxylic acids is 1. The molecule has 1 unspecified atom stereocenters. The Kier molecular flexibility index (Phi) is 22.8. The van der Waals surface area contributed by atoms with Crippen LogP contribution in [-0.4, -0.2) is 68.3 Å². The number of carboxylic acid groups (broad SMARTS) is 1. The molecular weight excluding hydrogens is 372 g/mol. The molecule has 0 aliphatic carbocycles.